The summed E-state index contributed by atoms with van der Waals surface area (Å²) in [4.78, 5) is 0. The lowest BCUT2D eigenvalue weighted by Gasteiger charge is -2.35. The van der Waals surface area contributed by atoms with Crippen molar-refractivity contribution in [1.29, 1.82) is 0 Å². The predicted octanol–water partition coefficient (Wildman–Crippen LogP) is 13.1. The molecule has 51 heavy (non-hydrogen) atoms. The number of fused-ring (bicyclic) bond motifs is 9. The SMILES string of the molecule is C=C(/C(=C\C)C1c2cc3c(cc2-c2cc4ccccc4cc21)C(c1ccccc1)(c1ccccc1)c1c-3ccc2ccccc12)c1ccccc1. The normalized spacial score (nSPS) is 15.3. The highest BCUT2D eigenvalue weighted by molar-refractivity contribution is 6.03. The summed E-state index contributed by atoms with van der Waals surface area (Å²) in [5, 5.41) is 5.09. The summed E-state index contributed by atoms with van der Waals surface area (Å²) in [6.07, 6.45) is 2.29. The molecule has 240 valence electrons. The van der Waals surface area contributed by atoms with Crippen LogP contribution in [0.5, 0.6) is 0 Å². The molecule has 0 nitrogen and oxygen atoms in total. The smallest absolute Gasteiger partial charge is 0.0719 e. The minimum atomic E-state index is -0.505. The maximum atomic E-state index is 4.73. The maximum absolute atomic E-state index is 4.73. The van der Waals surface area contributed by atoms with Crippen LogP contribution in [0.15, 0.2) is 194 Å². The summed E-state index contributed by atoms with van der Waals surface area (Å²) < 4.78 is 0. The molecule has 10 rings (SSSR count). The number of allylic oxidation sites excluding steroid dienone is 3. The molecule has 1 atom stereocenters. The third-order valence-corrected chi connectivity index (χ3v) is 11.5. The average molecular weight is 649 g/mol. The molecule has 2 aliphatic carbocycles. The topological polar surface area (TPSA) is 0 Å². The highest BCUT2D eigenvalue weighted by Gasteiger charge is 2.48. The highest BCUT2D eigenvalue weighted by Crippen LogP contribution is 2.62. The number of hydrogen-bond acceptors (Lipinski definition) is 0. The fourth-order valence-corrected chi connectivity index (χ4v) is 9.35. The molecule has 0 spiro atoms. The van der Waals surface area contributed by atoms with Gasteiger partial charge in [0, 0.05) is 5.92 Å². The van der Waals surface area contributed by atoms with E-state index in [1.807, 2.05) is 0 Å². The van der Waals surface area contributed by atoms with Gasteiger partial charge in [0.1, 0.15) is 0 Å². The van der Waals surface area contributed by atoms with Crippen molar-refractivity contribution < 1.29 is 0 Å². The van der Waals surface area contributed by atoms with E-state index in [9.17, 15) is 0 Å². The van der Waals surface area contributed by atoms with Crippen LogP contribution in [-0.4, -0.2) is 0 Å². The maximum Gasteiger partial charge on any atom is 0.0719 e. The van der Waals surface area contributed by atoms with E-state index in [2.05, 4.69) is 189 Å². The van der Waals surface area contributed by atoms with E-state index in [-0.39, 0.29) is 5.92 Å². The Bertz CT molecular complexity index is 2660. The van der Waals surface area contributed by atoms with Gasteiger partial charge < -0.3 is 0 Å². The number of rotatable bonds is 5. The Morgan fingerprint density at radius 3 is 1.73 bits per heavy atom. The summed E-state index contributed by atoms with van der Waals surface area (Å²) in [5.41, 5.74) is 16.2. The zero-order valence-corrected chi connectivity index (χ0v) is 28.6. The van der Waals surface area contributed by atoms with Crippen LogP contribution >= 0.6 is 0 Å². The van der Waals surface area contributed by atoms with E-state index in [1.54, 1.807) is 0 Å². The van der Waals surface area contributed by atoms with Gasteiger partial charge in [0.2, 0.25) is 0 Å². The molecule has 0 saturated heterocycles. The van der Waals surface area contributed by atoms with E-state index in [4.69, 9.17) is 6.58 Å². The first-order valence-electron chi connectivity index (χ1n) is 17.9. The number of hydrogen-bond donors (Lipinski definition) is 0. The Morgan fingerprint density at radius 2 is 1.06 bits per heavy atom. The van der Waals surface area contributed by atoms with Gasteiger partial charge in [0.05, 0.1) is 5.41 Å². The fourth-order valence-electron chi connectivity index (χ4n) is 9.35. The van der Waals surface area contributed by atoms with E-state index < -0.39 is 5.41 Å². The van der Waals surface area contributed by atoms with Crippen LogP contribution in [0.4, 0.5) is 0 Å². The molecule has 8 aromatic carbocycles. The molecule has 0 saturated carbocycles. The molecule has 0 N–H and O–H groups in total. The molecule has 0 fully saturated rings. The third kappa shape index (κ3) is 4.20. The van der Waals surface area contributed by atoms with E-state index >= 15 is 0 Å². The monoisotopic (exact) mass is 648 g/mol. The quantitative estimate of drug-likeness (QED) is 0.163. The third-order valence-electron chi connectivity index (χ3n) is 11.5. The molecule has 2 aliphatic rings. The van der Waals surface area contributed by atoms with Crippen LogP contribution in [-0.2, 0) is 5.41 Å². The first kappa shape index (κ1) is 29.7. The molecular formula is C51H36. The van der Waals surface area contributed by atoms with Crippen molar-refractivity contribution in [3.05, 3.63) is 233 Å². The second-order valence-corrected chi connectivity index (χ2v) is 14.0. The molecule has 0 heteroatoms. The lowest BCUT2D eigenvalue weighted by molar-refractivity contribution is 0.775. The van der Waals surface area contributed by atoms with Crippen LogP contribution in [0.3, 0.4) is 0 Å². The van der Waals surface area contributed by atoms with Gasteiger partial charge in [-0.1, -0.05) is 164 Å². The van der Waals surface area contributed by atoms with Crippen molar-refractivity contribution in [3.63, 3.8) is 0 Å². The van der Waals surface area contributed by atoms with Crippen molar-refractivity contribution in [1.82, 2.24) is 0 Å². The zero-order valence-electron chi connectivity index (χ0n) is 28.6. The summed E-state index contributed by atoms with van der Waals surface area (Å²) in [7, 11) is 0. The van der Waals surface area contributed by atoms with E-state index in [1.165, 1.54) is 82.8 Å². The standard InChI is InChI=1S/C51H36/c1-3-40(33(2)34-17-7-4-8-18-34)49-46-30-37-21-14-13-20-36(37)29-43(46)44-32-48-45(31-47(44)49)42-28-27-35-19-15-16-26-41(35)50(42)51(48,38-22-9-5-10-23-38)39-24-11-6-12-25-39/h3-32,49H,2H2,1H3/b40-3+. The molecule has 0 aliphatic heterocycles. The van der Waals surface area contributed by atoms with Crippen LogP contribution < -0.4 is 0 Å². The minimum Gasteiger partial charge on any atom is -0.0909 e. The second-order valence-electron chi connectivity index (χ2n) is 14.0. The predicted molar refractivity (Wildman–Crippen MR) is 215 cm³/mol. The first-order valence-corrected chi connectivity index (χ1v) is 17.9. The van der Waals surface area contributed by atoms with Crippen molar-refractivity contribution in [2.24, 2.45) is 0 Å². The van der Waals surface area contributed by atoms with Gasteiger partial charge in [0.15, 0.2) is 0 Å². The van der Waals surface area contributed by atoms with Gasteiger partial charge >= 0.3 is 0 Å². The van der Waals surface area contributed by atoms with E-state index in [0.29, 0.717) is 0 Å². The highest BCUT2D eigenvalue weighted by atomic mass is 14.5. The summed E-state index contributed by atoms with van der Waals surface area (Å²) in [5.74, 6) is 0.0509. The van der Waals surface area contributed by atoms with Crippen molar-refractivity contribution in [2.45, 2.75) is 18.3 Å². The Kier molecular flexibility index (Phi) is 6.63. The lowest BCUT2D eigenvalue weighted by Crippen LogP contribution is -2.29. The van der Waals surface area contributed by atoms with Crippen molar-refractivity contribution in [3.8, 4) is 22.3 Å². The van der Waals surface area contributed by atoms with Crippen molar-refractivity contribution >= 4 is 27.1 Å². The Labute approximate surface area is 299 Å². The van der Waals surface area contributed by atoms with Gasteiger partial charge in [0.25, 0.3) is 0 Å². The molecule has 0 amide bonds. The van der Waals surface area contributed by atoms with E-state index in [0.717, 1.165) is 11.1 Å². The Balaban J connectivity index is 1.34. The molecule has 1 unspecified atom stereocenters. The summed E-state index contributed by atoms with van der Waals surface area (Å²) in [6, 6.07) is 65.4. The minimum absolute atomic E-state index is 0.0509. The van der Waals surface area contributed by atoms with Gasteiger partial charge in [-0.05, 0) is 125 Å². The molecule has 0 bridgehead atoms. The van der Waals surface area contributed by atoms with Crippen molar-refractivity contribution in [2.75, 3.05) is 0 Å². The number of benzene rings is 8. The first-order chi connectivity index (χ1) is 25.2. The van der Waals surface area contributed by atoms with Gasteiger partial charge in [-0.3, -0.25) is 0 Å². The molecule has 0 aromatic heterocycles. The average Bonchev–Trinajstić information content (AvgIpc) is 3.67. The largest absolute Gasteiger partial charge is 0.0909 e. The molecular weight excluding hydrogens is 613 g/mol. The summed E-state index contributed by atoms with van der Waals surface area (Å²) in [6.45, 7) is 6.90. The molecule has 0 heterocycles. The van der Waals surface area contributed by atoms with Gasteiger partial charge in [-0.15, -0.1) is 0 Å². The molecule has 0 radical (unpaired) electrons. The Morgan fingerprint density at radius 1 is 0.510 bits per heavy atom. The van der Waals surface area contributed by atoms with Gasteiger partial charge in [-0.25, -0.2) is 0 Å². The zero-order chi connectivity index (χ0) is 34.1. The van der Waals surface area contributed by atoms with Crippen LogP contribution in [0.25, 0.3) is 49.4 Å². The Hall–Kier alpha value is -6.24. The second kappa shape index (κ2) is 11.4. The van der Waals surface area contributed by atoms with Gasteiger partial charge in [-0.2, -0.15) is 0 Å². The summed E-state index contributed by atoms with van der Waals surface area (Å²) >= 11 is 0. The van der Waals surface area contributed by atoms with Crippen LogP contribution in [0.1, 0.15) is 51.8 Å². The lowest BCUT2D eigenvalue weighted by atomic mass is 9.66. The fraction of sp³-hybridized carbons (Fsp3) is 0.0588. The molecule has 8 aromatic rings. The van der Waals surface area contributed by atoms with Crippen LogP contribution in [0.2, 0.25) is 0 Å². The van der Waals surface area contributed by atoms with Crippen LogP contribution in [0, 0.1) is 0 Å².